The highest BCUT2D eigenvalue weighted by molar-refractivity contribution is 5.89. The Bertz CT molecular complexity index is 1630. The second kappa shape index (κ2) is 9.49. The second-order valence-electron chi connectivity index (χ2n) is 7.91. The molecule has 0 aliphatic heterocycles. The molecule has 176 valence electrons. The van der Waals surface area contributed by atoms with Gasteiger partial charge in [-0.25, -0.2) is 0 Å². The van der Waals surface area contributed by atoms with E-state index in [0.29, 0.717) is 22.5 Å². The summed E-state index contributed by atoms with van der Waals surface area (Å²) < 4.78 is 1.97. The number of hydrogen-bond donors (Lipinski definition) is 2. The predicted molar refractivity (Wildman–Crippen MR) is 131 cm³/mol. The molecule has 2 N–H and O–H groups in total. The molecule has 0 aliphatic rings. The molecular formula is C25H22N6O4. The van der Waals surface area contributed by atoms with Crippen molar-refractivity contribution in [2.45, 2.75) is 20.8 Å². The van der Waals surface area contributed by atoms with Crippen LogP contribution in [0.1, 0.15) is 38.9 Å². The van der Waals surface area contributed by atoms with Gasteiger partial charge < -0.3 is 10.2 Å². The van der Waals surface area contributed by atoms with Crippen LogP contribution in [-0.4, -0.2) is 31.8 Å². The molecule has 0 saturated carbocycles. The molecule has 2 aromatic heterocycles. The van der Waals surface area contributed by atoms with Crippen molar-refractivity contribution in [3.05, 3.63) is 77.9 Å². The van der Waals surface area contributed by atoms with Gasteiger partial charge in [0.05, 0.1) is 22.5 Å². The van der Waals surface area contributed by atoms with Crippen molar-refractivity contribution in [3.63, 3.8) is 0 Å². The number of hydrogen-bond acceptors (Lipinski definition) is 8. The van der Waals surface area contributed by atoms with E-state index in [-0.39, 0.29) is 34.0 Å². The molecule has 10 nitrogen and oxygen atoms in total. The van der Waals surface area contributed by atoms with E-state index in [0.717, 1.165) is 14.7 Å². The third-order valence-corrected chi connectivity index (χ3v) is 5.80. The summed E-state index contributed by atoms with van der Waals surface area (Å²) in [4.78, 5) is 33.1. The Morgan fingerprint density at radius 3 is 1.74 bits per heavy atom. The molecule has 0 bridgehead atoms. The van der Waals surface area contributed by atoms with Crippen LogP contribution in [0.15, 0.2) is 37.8 Å². The zero-order valence-electron chi connectivity index (χ0n) is 19.8. The molecule has 2 heterocycles. The fourth-order valence-electron chi connectivity index (χ4n) is 3.48. The molecule has 0 saturated heterocycles. The van der Waals surface area contributed by atoms with Gasteiger partial charge in [-0.3, -0.25) is 28.7 Å². The van der Waals surface area contributed by atoms with E-state index < -0.39 is 11.1 Å². The summed E-state index contributed by atoms with van der Waals surface area (Å²) in [6, 6.07) is 8.89. The largest absolute Gasteiger partial charge is 0.494 e. The van der Waals surface area contributed by atoms with E-state index >= 15 is 0 Å². The van der Waals surface area contributed by atoms with Crippen molar-refractivity contribution in [3.8, 4) is 23.9 Å². The summed E-state index contributed by atoms with van der Waals surface area (Å²) in [5.41, 5.74) is 1.57. The van der Waals surface area contributed by atoms with Gasteiger partial charge in [0.25, 0.3) is 11.1 Å². The van der Waals surface area contributed by atoms with Crippen LogP contribution in [0.25, 0.3) is 0 Å². The lowest BCUT2D eigenvalue weighted by Crippen LogP contribution is -2.22. The van der Waals surface area contributed by atoms with Crippen molar-refractivity contribution in [2.75, 3.05) is 0 Å². The zero-order chi connectivity index (χ0) is 26.0. The number of aromatic hydroxyl groups is 2. The summed E-state index contributed by atoms with van der Waals surface area (Å²) in [5.74, 6) is -0.620. The molecular weight excluding hydrogens is 448 g/mol. The molecule has 10 heteroatoms. The van der Waals surface area contributed by atoms with Crippen molar-refractivity contribution >= 4 is 23.8 Å². The maximum absolute atomic E-state index is 12.1. The van der Waals surface area contributed by atoms with Gasteiger partial charge in [0.1, 0.15) is 23.3 Å². The van der Waals surface area contributed by atoms with Crippen LogP contribution in [-0.2, 0) is 14.1 Å². The monoisotopic (exact) mass is 470 g/mol. The van der Waals surface area contributed by atoms with Gasteiger partial charge in [0.15, 0.2) is 0 Å². The maximum Gasteiger partial charge on any atom is 0.271 e. The SMILES string of the molecule is Cc1ccc(N=Cc2c(C)c(C#N)c(=O)n(C)c2O)cc1N=Cc1c(C)c(C#N)c(=O)n(C)c1O. The predicted octanol–water partition coefficient (Wildman–Crippen LogP) is 2.67. The Balaban J connectivity index is 2.06. The molecule has 0 amide bonds. The Labute approximate surface area is 200 Å². The lowest BCUT2D eigenvalue weighted by molar-refractivity contribution is 0.421. The van der Waals surface area contributed by atoms with Crippen LogP contribution in [0, 0.1) is 43.4 Å². The van der Waals surface area contributed by atoms with Gasteiger partial charge in [-0.15, -0.1) is 0 Å². The third kappa shape index (κ3) is 4.33. The summed E-state index contributed by atoms with van der Waals surface area (Å²) in [6.45, 7) is 4.95. The van der Waals surface area contributed by atoms with Gasteiger partial charge >= 0.3 is 0 Å². The number of aromatic nitrogens is 2. The lowest BCUT2D eigenvalue weighted by atomic mass is 10.1. The number of nitrogens with zero attached hydrogens (tertiary/aromatic N) is 6. The smallest absolute Gasteiger partial charge is 0.271 e. The highest BCUT2D eigenvalue weighted by atomic mass is 16.3. The number of benzene rings is 1. The van der Waals surface area contributed by atoms with Crippen LogP contribution in [0.3, 0.4) is 0 Å². The summed E-state index contributed by atoms with van der Waals surface area (Å²) in [7, 11) is 2.73. The van der Waals surface area contributed by atoms with E-state index in [2.05, 4.69) is 9.98 Å². The first-order valence-electron chi connectivity index (χ1n) is 10.4. The van der Waals surface area contributed by atoms with Crippen LogP contribution < -0.4 is 11.1 Å². The van der Waals surface area contributed by atoms with E-state index in [9.17, 15) is 30.3 Å². The normalized spacial score (nSPS) is 11.2. The quantitative estimate of drug-likeness (QED) is 0.558. The number of aliphatic imine (C=N–C) groups is 2. The molecule has 0 atom stereocenters. The maximum atomic E-state index is 12.1. The Hall–Kier alpha value is -4.96. The van der Waals surface area contributed by atoms with Gasteiger partial charge in [-0.2, -0.15) is 10.5 Å². The number of aryl methyl sites for hydroxylation is 1. The van der Waals surface area contributed by atoms with Crippen LogP contribution in [0.4, 0.5) is 11.4 Å². The van der Waals surface area contributed by atoms with Gasteiger partial charge in [0, 0.05) is 26.5 Å². The zero-order valence-corrected chi connectivity index (χ0v) is 19.8. The van der Waals surface area contributed by atoms with Crippen LogP contribution >= 0.6 is 0 Å². The number of nitriles is 2. The summed E-state index contributed by atoms with van der Waals surface area (Å²) in [5, 5.41) is 39.4. The Kier molecular flexibility index (Phi) is 6.69. The molecule has 0 radical (unpaired) electrons. The Morgan fingerprint density at radius 1 is 0.829 bits per heavy atom. The Morgan fingerprint density at radius 2 is 1.29 bits per heavy atom. The number of pyridine rings is 2. The molecule has 35 heavy (non-hydrogen) atoms. The summed E-state index contributed by atoms with van der Waals surface area (Å²) >= 11 is 0. The van der Waals surface area contributed by atoms with E-state index in [1.165, 1.54) is 26.5 Å². The molecule has 3 aromatic rings. The topological polar surface area (TPSA) is 157 Å². The van der Waals surface area contributed by atoms with E-state index in [1.807, 2.05) is 19.1 Å². The van der Waals surface area contributed by atoms with Gasteiger partial charge in [0.2, 0.25) is 11.8 Å². The van der Waals surface area contributed by atoms with Crippen molar-refractivity contribution in [1.29, 1.82) is 10.5 Å². The molecule has 3 rings (SSSR count). The first kappa shape index (κ1) is 24.7. The molecule has 0 unspecified atom stereocenters. The average molecular weight is 470 g/mol. The molecule has 0 spiro atoms. The van der Waals surface area contributed by atoms with E-state index in [1.54, 1.807) is 32.0 Å². The second-order valence-corrected chi connectivity index (χ2v) is 7.91. The van der Waals surface area contributed by atoms with Crippen molar-refractivity contribution < 1.29 is 10.2 Å². The first-order chi connectivity index (χ1) is 16.5. The van der Waals surface area contributed by atoms with Crippen molar-refractivity contribution in [1.82, 2.24) is 9.13 Å². The fourth-order valence-corrected chi connectivity index (χ4v) is 3.48. The minimum Gasteiger partial charge on any atom is -0.494 e. The summed E-state index contributed by atoms with van der Waals surface area (Å²) in [6.07, 6.45) is 2.74. The van der Waals surface area contributed by atoms with Crippen LogP contribution in [0.2, 0.25) is 0 Å². The average Bonchev–Trinajstić information content (AvgIpc) is 2.83. The fraction of sp³-hybridized carbons (Fsp3) is 0.200. The van der Waals surface area contributed by atoms with Crippen molar-refractivity contribution in [2.24, 2.45) is 24.1 Å². The third-order valence-electron chi connectivity index (χ3n) is 5.80. The lowest BCUT2D eigenvalue weighted by Gasteiger charge is -2.10. The number of rotatable bonds is 4. The molecule has 1 aromatic carbocycles. The van der Waals surface area contributed by atoms with Gasteiger partial charge in [-0.1, -0.05) is 6.07 Å². The standard InChI is InChI=1S/C25H22N6O4/c1-13-6-7-16(28-11-19-14(2)17(9-26)22(32)30(4)24(19)34)8-21(13)29-12-20-15(3)18(10-27)23(33)31(5)25(20)35/h6-8,11-12,34-35H,1-5H3. The van der Waals surface area contributed by atoms with Gasteiger partial charge in [-0.05, 0) is 49.6 Å². The van der Waals surface area contributed by atoms with Crippen LogP contribution in [0.5, 0.6) is 11.8 Å². The molecule has 0 aliphatic carbocycles. The first-order valence-corrected chi connectivity index (χ1v) is 10.4. The molecule has 0 fully saturated rings. The highest BCUT2D eigenvalue weighted by Crippen LogP contribution is 2.27. The van der Waals surface area contributed by atoms with E-state index in [4.69, 9.17) is 0 Å². The minimum atomic E-state index is -0.594. The highest BCUT2D eigenvalue weighted by Gasteiger charge is 2.17. The minimum absolute atomic E-state index is 0.0778.